The number of aliphatic hydroxyl groups excluding tert-OH is 1. The highest BCUT2D eigenvalue weighted by Crippen LogP contribution is 2.41. The van der Waals surface area contributed by atoms with E-state index in [-0.39, 0.29) is 12.2 Å². The average Bonchev–Trinajstić information content (AvgIpc) is 2.67. The lowest BCUT2D eigenvalue weighted by molar-refractivity contribution is 0.147. The third-order valence-corrected chi connectivity index (χ3v) is 6.09. The molecule has 2 aromatic rings. The highest BCUT2D eigenvalue weighted by atomic mass is 79.9. The van der Waals surface area contributed by atoms with Crippen LogP contribution in [0.3, 0.4) is 0 Å². The van der Waals surface area contributed by atoms with Gasteiger partial charge in [0.2, 0.25) is 0 Å². The van der Waals surface area contributed by atoms with Crippen LogP contribution in [0, 0.1) is 0 Å². The summed E-state index contributed by atoms with van der Waals surface area (Å²) in [6.45, 7) is 1.99. The van der Waals surface area contributed by atoms with E-state index in [0.717, 1.165) is 22.0 Å². The molecule has 1 N–H and O–H groups in total. The van der Waals surface area contributed by atoms with Crippen molar-refractivity contribution in [3.05, 3.63) is 69.6 Å². The van der Waals surface area contributed by atoms with Gasteiger partial charge in [-0.3, -0.25) is 0 Å². The Balaban J connectivity index is 1.81. The molecule has 3 nitrogen and oxygen atoms in total. The van der Waals surface area contributed by atoms with Crippen molar-refractivity contribution < 1.29 is 14.6 Å². The van der Waals surface area contributed by atoms with E-state index in [1.54, 1.807) is 18.9 Å². The van der Waals surface area contributed by atoms with E-state index >= 15 is 0 Å². The summed E-state index contributed by atoms with van der Waals surface area (Å²) in [7, 11) is 1.64. The number of halogens is 1. The summed E-state index contributed by atoms with van der Waals surface area (Å²) in [6.07, 6.45) is 4.98. The molecule has 0 radical (unpaired) electrons. The molecule has 142 valence electrons. The quantitative estimate of drug-likeness (QED) is 0.431. The van der Waals surface area contributed by atoms with Crippen molar-refractivity contribution in [3.63, 3.8) is 0 Å². The summed E-state index contributed by atoms with van der Waals surface area (Å²) in [4.78, 5) is 1.19. The molecule has 0 spiro atoms. The molecule has 0 aliphatic heterocycles. The van der Waals surface area contributed by atoms with Gasteiger partial charge in [0.05, 0.1) is 17.7 Å². The molecule has 0 saturated carbocycles. The van der Waals surface area contributed by atoms with Crippen molar-refractivity contribution in [1.82, 2.24) is 0 Å². The number of hydrogen-bond donors (Lipinski definition) is 1. The van der Waals surface area contributed by atoms with Gasteiger partial charge in [-0.1, -0.05) is 36.0 Å². The molecule has 0 saturated heterocycles. The molecule has 0 heterocycles. The summed E-state index contributed by atoms with van der Waals surface area (Å²) in [5.74, 6) is 1.38. The first-order chi connectivity index (χ1) is 13.1. The minimum absolute atomic E-state index is 0.0588. The van der Waals surface area contributed by atoms with Crippen LogP contribution in [0.25, 0.3) is 6.08 Å². The Hall–Kier alpha value is -1.69. The Bertz CT molecular complexity index is 833. The lowest BCUT2D eigenvalue weighted by Crippen LogP contribution is -2.26. The maximum absolute atomic E-state index is 9.78. The van der Waals surface area contributed by atoms with Crippen molar-refractivity contribution in [1.29, 1.82) is 0 Å². The van der Waals surface area contributed by atoms with Crippen LogP contribution in [0.1, 0.15) is 25.3 Å². The van der Waals surface area contributed by atoms with Crippen molar-refractivity contribution in [2.24, 2.45) is 0 Å². The van der Waals surface area contributed by atoms with Gasteiger partial charge >= 0.3 is 0 Å². The van der Waals surface area contributed by atoms with Crippen LogP contribution in [0.15, 0.2) is 68.9 Å². The minimum Gasteiger partial charge on any atom is -0.493 e. The lowest BCUT2D eigenvalue weighted by atomic mass is 9.95. The topological polar surface area (TPSA) is 38.7 Å². The van der Waals surface area contributed by atoms with Crippen LogP contribution in [-0.2, 0) is 0 Å². The normalized spacial score (nSPS) is 19.8. The van der Waals surface area contributed by atoms with E-state index in [2.05, 4.69) is 39.5 Å². The zero-order valence-corrected chi connectivity index (χ0v) is 17.8. The maximum Gasteiger partial charge on any atom is 0.176 e. The molecule has 1 aliphatic carbocycles. The first kappa shape index (κ1) is 20.1. The average molecular weight is 447 g/mol. The standard InChI is InChI=1S/C22H23BrO3S/c1-15-14-17(24)9-11-19(15)26-22-20(25-2)10-8-16(21(22)23)12-13-27-18-6-4-3-5-7-18/h3-8,10,12-14,17,19,24H,9,11H2,1-2H3/b13-12+. The Morgan fingerprint density at radius 2 is 1.93 bits per heavy atom. The van der Waals surface area contributed by atoms with Crippen LogP contribution >= 0.6 is 27.7 Å². The van der Waals surface area contributed by atoms with Crippen molar-refractivity contribution in [3.8, 4) is 11.5 Å². The van der Waals surface area contributed by atoms with E-state index in [1.807, 2.05) is 43.3 Å². The van der Waals surface area contributed by atoms with Crippen molar-refractivity contribution >= 4 is 33.8 Å². The molecule has 2 aromatic carbocycles. The second kappa shape index (κ2) is 9.49. The first-order valence-corrected chi connectivity index (χ1v) is 10.5. The Kier molecular flexibility index (Phi) is 7.05. The molecule has 0 bridgehead atoms. The van der Waals surface area contributed by atoms with Gasteiger partial charge in [-0.2, -0.15) is 0 Å². The molecular weight excluding hydrogens is 424 g/mol. The van der Waals surface area contributed by atoms with Crippen LogP contribution in [0.2, 0.25) is 0 Å². The maximum atomic E-state index is 9.78. The number of aliphatic hydroxyl groups is 1. The number of hydrogen-bond acceptors (Lipinski definition) is 4. The number of thioether (sulfide) groups is 1. The molecule has 0 fully saturated rings. The van der Waals surface area contributed by atoms with Gasteiger partial charge < -0.3 is 14.6 Å². The van der Waals surface area contributed by atoms with Gasteiger partial charge in [-0.05, 0) is 82.6 Å². The zero-order valence-electron chi connectivity index (χ0n) is 15.4. The predicted octanol–water partition coefficient (Wildman–Crippen LogP) is 6.07. The van der Waals surface area contributed by atoms with Gasteiger partial charge in [-0.15, -0.1) is 0 Å². The number of ether oxygens (including phenoxy) is 2. The van der Waals surface area contributed by atoms with E-state index in [4.69, 9.17) is 9.47 Å². The Morgan fingerprint density at radius 1 is 1.15 bits per heavy atom. The highest BCUT2D eigenvalue weighted by molar-refractivity contribution is 9.10. The van der Waals surface area contributed by atoms with Crippen molar-refractivity contribution in [2.45, 2.75) is 36.9 Å². The minimum atomic E-state index is -0.375. The Morgan fingerprint density at radius 3 is 2.63 bits per heavy atom. The monoisotopic (exact) mass is 446 g/mol. The molecule has 3 rings (SSSR count). The Labute approximate surface area is 173 Å². The van der Waals surface area contributed by atoms with E-state index in [9.17, 15) is 5.11 Å². The molecule has 0 amide bonds. The second-order valence-electron chi connectivity index (χ2n) is 6.40. The first-order valence-electron chi connectivity index (χ1n) is 8.86. The van der Waals surface area contributed by atoms with Crippen molar-refractivity contribution in [2.75, 3.05) is 7.11 Å². The summed E-state index contributed by atoms with van der Waals surface area (Å²) in [6, 6.07) is 14.2. The molecular formula is C22H23BrO3S. The largest absolute Gasteiger partial charge is 0.493 e. The van der Waals surface area contributed by atoms with Gasteiger partial charge in [0.1, 0.15) is 6.10 Å². The van der Waals surface area contributed by atoms with Crippen LogP contribution < -0.4 is 9.47 Å². The summed E-state index contributed by atoms with van der Waals surface area (Å²) in [5, 5.41) is 11.8. The van der Waals surface area contributed by atoms with Crippen LogP contribution in [-0.4, -0.2) is 24.4 Å². The molecule has 0 aromatic heterocycles. The SMILES string of the molecule is COc1ccc(/C=C/Sc2ccccc2)c(Br)c1OC1CCC(O)C=C1C. The third-order valence-electron chi connectivity index (χ3n) is 4.45. The lowest BCUT2D eigenvalue weighted by Gasteiger charge is -2.27. The van der Waals surface area contributed by atoms with E-state index in [1.165, 1.54) is 4.90 Å². The number of benzene rings is 2. The molecule has 1 aliphatic rings. The fourth-order valence-corrected chi connectivity index (χ4v) is 4.22. The molecule has 5 heteroatoms. The summed E-state index contributed by atoms with van der Waals surface area (Å²) in [5.41, 5.74) is 2.06. The fourth-order valence-electron chi connectivity index (χ4n) is 2.98. The number of rotatable bonds is 6. The smallest absolute Gasteiger partial charge is 0.176 e. The second-order valence-corrected chi connectivity index (χ2v) is 8.17. The third kappa shape index (κ3) is 5.18. The number of methoxy groups -OCH3 is 1. The summed E-state index contributed by atoms with van der Waals surface area (Å²) >= 11 is 5.35. The fraction of sp³-hybridized carbons (Fsp3) is 0.273. The predicted molar refractivity (Wildman–Crippen MR) is 115 cm³/mol. The van der Waals surface area contributed by atoms with Gasteiger partial charge in [0.25, 0.3) is 0 Å². The van der Waals surface area contributed by atoms with Gasteiger partial charge in [0.15, 0.2) is 11.5 Å². The molecule has 27 heavy (non-hydrogen) atoms. The zero-order chi connectivity index (χ0) is 19.2. The van der Waals surface area contributed by atoms with Crippen LogP contribution in [0.4, 0.5) is 0 Å². The van der Waals surface area contributed by atoms with E-state index < -0.39 is 0 Å². The molecule has 2 atom stereocenters. The van der Waals surface area contributed by atoms with Crippen LogP contribution in [0.5, 0.6) is 11.5 Å². The van der Waals surface area contributed by atoms with Gasteiger partial charge in [-0.25, -0.2) is 0 Å². The molecule has 2 unspecified atom stereocenters. The van der Waals surface area contributed by atoms with E-state index in [0.29, 0.717) is 17.9 Å². The summed E-state index contributed by atoms with van der Waals surface area (Å²) < 4.78 is 12.6. The highest BCUT2D eigenvalue weighted by Gasteiger charge is 2.23. The van der Waals surface area contributed by atoms with Gasteiger partial charge in [0, 0.05) is 4.90 Å².